The highest BCUT2D eigenvalue weighted by Crippen LogP contribution is 2.25. The van der Waals surface area contributed by atoms with Crippen molar-refractivity contribution >= 4 is 40.7 Å². The molecule has 6 heteroatoms. The smallest absolute Gasteiger partial charge is 0.313 e. The molecule has 0 unspecified atom stereocenters. The summed E-state index contributed by atoms with van der Waals surface area (Å²) in [5.74, 6) is -1.20. The summed E-state index contributed by atoms with van der Waals surface area (Å²) < 4.78 is 0. The van der Waals surface area contributed by atoms with Gasteiger partial charge in [0.25, 0.3) is 0 Å². The number of rotatable bonds is 1. The molecule has 0 saturated carbocycles. The molecule has 1 heterocycles. The lowest BCUT2D eigenvalue weighted by molar-refractivity contribution is -0.142. The molecule has 0 aliphatic carbocycles. The quantitative estimate of drug-likeness (QED) is 0.807. The Bertz CT molecular complexity index is 485. The molecule has 0 bridgehead atoms. The van der Waals surface area contributed by atoms with Crippen LogP contribution in [0.2, 0.25) is 10.0 Å². The Morgan fingerprint density at radius 2 is 1.83 bits per heavy atom. The summed E-state index contributed by atoms with van der Waals surface area (Å²) in [7, 11) is 0. The van der Waals surface area contributed by atoms with Crippen molar-refractivity contribution in [3.63, 3.8) is 0 Å². The zero-order valence-corrected chi connectivity index (χ0v) is 11.1. The molecule has 1 aromatic rings. The molecule has 1 aliphatic heterocycles. The molecule has 18 heavy (non-hydrogen) atoms. The van der Waals surface area contributed by atoms with Crippen LogP contribution in [0.4, 0.5) is 5.69 Å². The first-order chi connectivity index (χ1) is 8.58. The molecule has 2 amide bonds. The van der Waals surface area contributed by atoms with Crippen molar-refractivity contribution in [1.82, 2.24) is 4.90 Å². The number of nitrogens with one attached hydrogen (secondary N) is 1. The first kappa shape index (κ1) is 13.2. The van der Waals surface area contributed by atoms with Crippen molar-refractivity contribution in [2.75, 3.05) is 18.4 Å². The predicted octanol–water partition coefficient (Wildman–Crippen LogP) is 2.55. The zero-order chi connectivity index (χ0) is 13.1. The fourth-order valence-corrected chi connectivity index (χ4v) is 2.17. The Balaban J connectivity index is 2.06. The van der Waals surface area contributed by atoms with Gasteiger partial charge in [-0.1, -0.05) is 23.2 Å². The fraction of sp³-hybridized carbons (Fsp3) is 0.333. The average Bonchev–Trinajstić information content (AvgIpc) is 2.86. The van der Waals surface area contributed by atoms with E-state index in [4.69, 9.17) is 23.2 Å². The lowest BCUT2D eigenvalue weighted by Gasteiger charge is -2.15. The first-order valence-electron chi connectivity index (χ1n) is 5.63. The largest absolute Gasteiger partial charge is 0.334 e. The van der Waals surface area contributed by atoms with E-state index in [1.165, 1.54) is 11.0 Å². The highest BCUT2D eigenvalue weighted by Gasteiger charge is 2.24. The van der Waals surface area contributed by atoms with Crippen molar-refractivity contribution in [2.45, 2.75) is 12.8 Å². The monoisotopic (exact) mass is 286 g/mol. The van der Waals surface area contributed by atoms with E-state index >= 15 is 0 Å². The van der Waals surface area contributed by atoms with Crippen LogP contribution >= 0.6 is 23.2 Å². The van der Waals surface area contributed by atoms with Crippen LogP contribution in [0.5, 0.6) is 0 Å². The van der Waals surface area contributed by atoms with Gasteiger partial charge in [-0.3, -0.25) is 9.59 Å². The molecule has 2 rings (SSSR count). The Kier molecular flexibility index (Phi) is 4.09. The summed E-state index contributed by atoms with van der Waals surface area (Å²) in [5, 5.41) is 3.28. The average molecular weight is 287 g/mol. The molecule has 1 saturated heterocycles. The molecule has 0 atom stereocenters. The molecular formula is C12H12Cl2N2O2. The summed E-state index contributed by atoms with van der Waals surface area (Å²) in [5.41, 5.74) is 0.349. The maximum absolute atomic E-state index is 11.8. The third-order valence-electron chi connectivity index (χ3n) is 2.76. The van der Waals surface area contributed by atoms with E-state index in [2.05, 4.69) is 5.32 Å². The van der Waals surface area contributed by atoms with Gasteiger partial charge in [0, 0.05) is 18.1 Å². The van der Waals surface area contributed by atoms with Crippen molar-refractivity contribution in [1.29, 1.82) is 0 Å². The Labute approximate surface area is 115 Å². The predicted molar refractivity (Wildman–Crippen MR) is 70.9 cm³/mol. The molecule has 1 N–H and O–H groups in total. The minimum atomic E-state index is -0.680. The van der Waals surface area contributed by atoms with Crippen LogP contribution in [0, 0.1) is 0 Å². The minimum absolute atomic E-state index is 0.349. The third-order valence-corrected chi connectivity index (χ3v) is 3.33. The lowest BCUT2D eigenvalue weighted by atomic mass is 10.3. The van der Waals surface area contributed by atoms with Gasteiger partial charge in [-0.15, -0.1) is 0 Å². The van der Waals surface area contributed by atoms with Crippen LogP contribution in [0.3, 0.4) is 0 Å². The molecule has 1 fully saturated rings. The highest BCUT2D eigenvalue weighted by molar-refractivity contribution is 6.42. The van der Waals surface area contributed by atoms with E-state index in [9.17, 15) is 9.59 Å². The number of halogens is 2. The number of hydrogen-bond acceptors (Lipinski definition) is 2. The van der Waals surface area contributed by atoms with E-state index in [1.807, 2.05) is 0 Å². The van der Waals surface area contributed by atoms with Crippen molar-refractivity contribution in [2.24, 2.45) is 0 Å². The van der Waals surface area contributed by atoms with E-state index in [0.717, 1.165) is 12.8 Å². The van der Waals surface area contributed by atoms with Crippen LogP contribution in [0.25, 0.3) is 0 Å². The number of anilines is 1. The standard InChI is InChI=1S/C12H12Cl2N2O2/c13-8-3-4-9(14)10(7-8)15-11(17)12(18)16-5-1-2-6-16/h3-4,7H,1-2,5-6H2,(H,15,17). The van der Waals surface area contributed by atoms with Crippen molar-refractivity contribution < 1.29 is 9.59 Å². The van der Waals surface area contributed by atoms with Crippen molar-refractivity contribution in [3.05, 3.63) is 28.2 Å². The number of nitrogens with zero attached hydrogens (tertiary/aromatic N) is 1. The number of carbonyl (C=O) groups excluding carboxylic acids is 2. The maximum Gasteiger partial charge on any atom is 0.313 e. The third kappa shape index (κ3) is 2.94. The molecule has 1 aromatic carbocycles. The van der Waals surface area contributed by atoms with Gasteiger partial charge in [0.2, 0.25) is 0 Å². The lowest BCUT2D eigenvalue weighted by Crippen LogP contribution is -2.37. The van der Waals surface area contributed by atoms with Gasteiger partial charge in [-0.05, 0) is 31.0 Å². The highest BCUT2D eigenvalue weighted by atomic mass is 35.5. The van der Waals surface area contributed by atoms with Gasteiger partial charge in [0.1, 0.15) is 0 Å². The van der Waals surface area contributed by atoms with Crippen molar-refractivity contribution in [3.8, 4) is 0 Å². The Morgan fingerprint density at radius 3 is 2.50 bits per heavy atom. The molecule has 4 nitrogen and oxygen atoms in total. The Morgan fingerprint density at radius 1 is 1.17 bits per heavy atom. The zero-order valence-electron chi connectivity index (χ0n) is 9.58. The summed E-state index contributed by atoms with van der Waals surface area (Å²) in [6.45, 7) is 1.27. The van der Waals surface area contributed by atoms with E-state index in [0.29, 0.717) is 28.8 Å². The molecular weight excluding hydrogens is 275 g/mol. The topological polar surface area (TPSA) is 49.4 Å². The van der Waals surface area contributed by atoms with Crippen LogP contribution in [0.1, 0.15) is 12.8 Å². The summed E-state index contributed by atoms with van der Waals surface area (Å²) >= 11 is 11.7. The maximum atomic E-state index is 11.8. The van der Waals surface area contributed by atoms with Crippen LogP contribution in [0.15, 0.2) is 18.2 Å². The minimum Gasteiger partial charge on any atom is -0.334 e. The molecule has 96 valence electrons. The molecule has 0 aromatic heterocycles. The van der Waals surface area contributed by atoms with E-state index < -0.39 is 11.8 Å². The summed E-state index contributed by atoms with van der Waals surface area (Å²) in [6, 6.07) is 4.70. The normalized spacial score (nSPS) is 14.7. The first-order valence-corrected chi connectivity index (χ1v) is 6.39. The molecule has 1 aliphatic rings. The van der Waals surface area contributed by atoms with Gasteiger partial charge >= 0.3 is 11.8 Å². The van der Waals surface area contributed by atoms with Gasteiger partial charge in [-0.25, -0.2) is 0 Å². The second-order valence-corrected chi connectivity index (χ2v) is 4.92. The van der Waals surface area contributed by atoms with E-state index in [-0.39, 0.29) is 0 Å². The second-order valence-electron chi connectivity index (χ2n) is 4.08. The number of likely N-dealkylation sites (tertiary alicyclic amines) is 1. The number of carbonyl (C=O) groups is 2. The molecule has 0 spiro atoms. The van der Waals surface area contributed by atoms with E-state index in [1.54, 1.807) is 12.1 Å². The van der Waals surface area contributed by atoms with Crippen LogP contribution in [-0.4, -0.2) is 29.8 Å². The number of hydrogen-bond donors (Lipinski definition) is 1. The summed E-state index contributed by atoms with van der Waals surface area (Å²) in [4.78, 5) is 25.1. The van der Waals surface area contributed by atoms with Gasteiger partial charge in [0.15, 0.2) is 0 Å². The van der Waals surface area contributed by atoms with Gasteiger partial charge in [0.05, 0.1) is 10.7 Å². The second kappa shape index (κ2) is 5.59. The van der Waals surface area contributed by atoms with Gasteiger partial charge < -0.3 is 10.2 Å². The van der Waals surface area contributed by atoms with Crippen LogP contribution in [-0.2, 0) is 9.59 Å². The number of benzene rings is 1. The SMILES string of the molecule is O=C(Nc1cc(Cl)ccc1Cl)C(=O)N1CCCC1. The van der Waals surface area contributed by atoms with Crippen LogP contribution < -0.4 is 5.32 Å². The number of amides is 2. The Hall–Kier alpha value is -1.26. The fourth-order valence-electron chi connectivity index (χ4n) is 1.83. The molecule has 0 radical (unpaired) electrons. The van der Waals surface area contributed by atoms with Gasteiger partial charge in [-0.2, -0.15) is 0 Å². The summed E-state index contributed by atoms with van der Waals surface area (Å²) in [6.07, 6.45) is 1.88.